The molecule has 246 valence electrons. The highest BCUT2D eigenvalue weighted by atomic mass is 32.7. The van der Waals surface area contributed by atoms with E-state index in [4.69, 9.17) is 39.0 Å². The number of phosphoric ester groups is 1. The maximum Gasteiger partial charge on any atom is 0.472 e. The van der Waals surface area contributed by atoms with Gasteiger partial charge in [0.2, 0.25) is 0 Å². The number of aromatic nitrogens is 7. The van der Waals surface area contributed by atoms with E-state index in [2.05, 4.69) is 37.5 Å². The van der Waals surface area contributed by atoms with E-state index in [1.54, 1.807) is 0 Å². The first kappa shape index (κ1) is 31.4. The normalized spacial score (nSPS) is 37.0. The monoisotopic (exact) mass is 705 g/mol. The van der Waals surface area contributed by atoms with Gasteiger partial charge in [0.25, 0.3) is 5.91 Å². The van der Waals surface area contributed by atoms with E-state index in [0.717, 1.165) is 15.6 Å². The molecule has 24 heteroatoms. The lowest BCUT2D eigenvalue weighted by atomic mass is 10.1. The number of nitrogen functional groups attached to an aromatic ring is 1. The standard InChI is InChI=1S/C22H23F2N9O10P2S/c23-12-10-4-38-44(35,36)42-16-11(41-21(13(16)24)32-7-29-15-18(25)27-6-28-20(15)32)5-39-45(37,46)43-17(12)22(40-10)33-9-3-1-2-8(19(26)34)14(9)30-31-33/h1-3,6-7,10-13,16-17,21-22H,4-5H2,(H2,26,34)(H,35,36)(H,37,46)(H2,25,27,28)/t10-,11-,12-,13-,16-,17-,21-,22-,45?/m1/s1. The van der Waals surface area contributed by atoms with Gasteiger partial charge in [-0.2, -0.15) is 0 Å². The Morgan fingerprint density at radius 2 is 1.76 bits per heavy atom. The number of carbonyl (C=O) groups is 1. The van der Waals surface area contributed by atoms with Crippen molar-refractivity contribution in [3.63, 3.8) is 0 Å². The Kier molecular flexibility index (Phi) is 7.87. The number of hydrogen-bond acceptors (Lipinski definition) is 15. The molecule has 0 aliphatic carbocycles. The predicted octanol–water partition coefficient (Wildman–Crippen LogP) is 1.38. The van der Waals surface area contributed by atoms with E-state index in [1.165, 1.54) is 24.5 Å². The number of primary amides is 1. The van der Waals surface area contributed by atoms with Gasteiger partial charge in [0.15, 0.2) is 36.3 Å². The molecule has 2 bridgehead atoms. The number of fused-ring (bicyclic) bond motifs is 5. The maximum atomic E-state index is 15.9. The second-order valence-corrected chi connectivity index (χ2v) is 14.6. The molecule has 0 spiro atoms. The summed E-state index contributed by atoms with van der Waals surface area (Å²) in [5, 5.41) is 7.87. The number of thiol groups is 1. The number of hydrogen-bond donors (Lipinski definition) is 4. The zero-order valence-corrected chi connectivity index (χ0v) is 25.6. The fraction of sp³-hybridized carbons (Fsp3) is 0.455. The summed E-state index contributed by atoms with van der Waals surface area (Å²) in [6, 6.07) is 4.35. The van der Waals surface area contributed by atoms with Crippen molar-refractivity contribution in [3.8, 4) is 0 Å². The Labute approximate surface area is 260 Å². The number of nitrogens with zero attached hydrogens (tertiary/aromatic N) is 7. The third-order valence-electron chi connectivity index (χ3n) is 7.52. The number of carbonyl (C=O) groups excluding carboxylic acids is 1. The molecule has 0 radical (unpaired) electrons. The second-order valence-electron chi connectivity index (χ2n) is 10.3. The number of alkyl halides is 2. The van der Waals surface area contributed by atoms with Crippen LogP contribution < -0.4 is 11.5 Å². The molecule has 2 unspecified atom stereocenters. The molecule has 5 N–H and O–H groups in total. The topological polar surface area (TPSA) is 253 Å². The van der Waals surface area contributed by atoms with Crippen molar-refractivity contribution < 1.29 is 55.2 Å². The Hall–Kier alpha value is -3.17. The van der Waals surface area contributed by atoms with E-state index in [9.17, 15) is 18.8 Å². The third kappa shape index (κ3) is 5.47. The smallest absolute Gasteiger partial charge is 0.382 e. The van der Waals surface area contributed by atoms with Gasteiger partial charge in [-0.3, -0.25) is 27.5 Å². The highest BCUT2D eigenvalue weighted by Crippen LogP contribution is 2.58. The van der Waals surface area contributed by atoms with Crippen LogP contribution in [0.3, 0.4) is 0 Å². The fourth-order valence-electron chi connectivity index (χ4n) is 5.43. The van der Waals surface area contributed by atoms with E-state index in [-0.39, 0.29) is 33.6 Å². The molecule has 6 heterocycles. The van der Waals surface area contributed by atoms with Crippen LogP contribution in [0.1, 0.15) is 22.8 Å². The van der Waals surface area contributed by atoms with Gasteiger partial charge in [-0.05, 0) is 12.1 Å². The number of ether oxygens (including phenoxy) is 2. The zero-order valence-electron chi connectivity index (χ0n) is 22.9. The van der Waals surface area contributed by atoms with Crippen LogP contribution in [0.25, 0.3) is 22.2 Å². The first-order valence-corrected chi connectivity index (χ1v) is 17.5. The first-order chi connectivity index (χ1) is 21.8. The highest BCUT2D eigenvalue weighted by molar-refractivity contribution is 8.44. The molecular formula is C22H23F2N9O10P2S. The number of anilines is 1. The molecule has 0 saturated carbocycles. The predicted molar refractivity (Wildman–Crippen MR) is 151 cm³/mol. The Bertz CT molecular complexity index is 1940. The van der Waals surface area contributed by atoms with Crippen LogP contribution in [0.15, 0.2) is 30.9 Å². The molecule has 3 aliphatic heterocycles. The molecule has 10 atom stereocenters. The molecule has 46 heavy (non-hydrogen) atoms. The highest BCUT2D eigenvalue weighted by Gasteiger charge is 2.55. The number of nitrogens with two attached hydrogens (primary N) is 2. The molecule has 3 saturated heterocycles. The minimum atomic E-state index is -5.15. The largest absolute Gasteiger partial charge is 0.472 e. The number of amides is 1. The van der Waals surface area contributed by atoms with Crippen LogP contribution in [-0.4, -0.2) is 95.3 Å². The zero-order chi connectivity index (χ0) is 32.5. The molecule has 1 aromatic carbocycles. The molecule has 3 fully saturated rings. The van der Waals surface area contributed by atoms with E-state index < -0.39 is 83.0 Å². The van der Waals surface area contributed by atoms with Crippen LogP contribution in [0.4, 0.5) is 14.6 Å². The number of imidazole rings is 1. The molecule has 3 aliphatic rings. The van der Waals surface area contributed by atoms with Gasteiger partial charge in [0.1, 0.15) is 41.8 Å². The summed E-state index contributed by atoms with van der Waals surface area (Å²) in [5.41, 5.74) is 11.7. The van der Waals surface area contributed by atoms with Crippen molar-refractivity contribution in [2.45, 2.75) is 49.2 Å². The molecular weight excluding hydrogens is 682 g/mol. The third-order valence-corrected chi connectivity index (χ3v) is 10.1. The van der Waals surface area contributed by atoms with Crippen LogP contribution in [0.2, 0.25) is 0 Å². The Morgan fingerprint density at radius 3 is 2.54 bits per heavy atom. The summed E-state index contributed by atoms with van der Waals surface area (Å²) in [6.45, 7) is -6.23. The van der Waals surface area contributed by atoms with Crippen molar-refractivity contribution in [3.05, 3.63) is 36.4 Å². The summed E-state index contributed by atoms with van der Waals surface area (Å²) in [4.78, 5) is 34.4. The molecule has 19 nitrogen and oxygen atoms in total. The van der Waals surface area contributed by atoms with Gasteiger partial charge in [0.05, 0.1) is 30.6 Å². The number of halogens is 2. The van der Waals surface area contributed by atoms with E-state index in [1.807, 2.05) is 0 Å². The summed E-state index contributed by atoms with van der Waals surface area (Å²) < 4.78 is 93.0. The van der Waals surface area contributed by atoms with Crippen LogP contribution in [-0.2, 0) is 36.7 Å². The van der Waals surface area contributed by atoms with Crippen LogP contribution in [0, 0.1) is 0 Å². The van der Waals surface area contributed by atoms with Crippen molar-refractivity contribution in [2.75, 3.05) is 18.9 Å². The van der Waals surface area contributed by atoms with Crippen molar-refractivity contribution >= 4 is 60.8 Å². The second kappa shape index (κ2) is 11.5. The fourth-order valence-corrected chi connectivity index (χ4v) is 7.83. The first-order valence-electron chi connectivity index (χ1n) is 13.3. The minimum Gasteiger partial charge on any atom is -0.382 e. The van der Waals surface area contributed by atoms with Gasteiger partial charge in [-0.25, -0.2) is 37.5 Å². The van der Waals surface area contributed by atoms with E-state index in [0.29, 0.717) is 0 Å². The van der Waals surface area contributed by atoms with Crippen LogP contribution in [0.5, 0.6) is 0 Å². The average molecular weight is 705 g/mol. The minimum absolute atomic E-state index is 0.00855. The number of phosphoric acid groups is 1. The van der Waals surface area contributed by atoms with Crippen LogP contribution >= 0.6 is 26.9 Å². The van der Waals surface area contributed by atoms with Gasteiger partial charge in [0, 0.05) is 0 Å². The SMILES string of the molecule is NC(=O)c1cccc2c1nnn2[C@@H]1O[C@@H]2COP(=O)(O)O[C@H]3[C@@H](F)[C@H](n4cnc5c(N)ncnc54)O[C@@H]3COP(=O)(S)O[C@@H]1[C@@H]2F. The Morgan fingerprint density at radius 1 is 1.00 bits per heavy atom. The molecule has 3 aromatic heterocycles. The molecule has 4 aromatic rings. The van der Waals surface area contributed by atoms with Gasteiger partial charge in [-0.15, -0.1) is 5.10 Å². The average Bonchev–Trinajstić information content (AvgIpc) is 3.76. The van der Waals surface area contributed by atoms with Gasteiger partial charge >= 0.3 is 14.6 Å². The van der Waals surface area contributed by atoms with Gasteiger partial charge < -0.3 is 25.8 Å². The van der Waals surface area contributed by atoms with Crippen molar-refractivity contribution in [2.24, 2.45) is 5.73 Å². The lowest BCUT2D eigenvalue weighted by Gasteiger charge is -2.25. The van der Waals surface area contributed by atoms with Crippen molar-refractivity contribution in [1.82, 2.24) is 34.5 Å². The summed E-state index contributed by atoms with van der Waals surface area (Å²) in [7, 11) is -5.15. The lowest BCUT2D eigenvalue weighted by molar-refractivity contribution is -0.0648. The summed E-state index contributed by atoms with van der Waals surface area (Å²) >= 11 is 3.97. The summed E-state index contributed by atoms with van der Waals surface area (Å²) in [6.07, 6.45) is -11.9. The lowest BCUT2D eigenvalue weighted by Crippen LogP contribution is -2.34. The quantitative estimate of drug-likeness (QED) is 0.173. The van der Waals surface area contributed by atoms with Gasteiger partial charge in [-0.1, -0.05) is 23.5 Å². The number of benzene rings is 1. The van der Waals surface area contributed by atoms with Crippen molar-refractivity contribution in [1.29, 1.82) is 0 Å². The maximum absolute atomic E-state index is 15.9. The summed E-state index contributed by atoms with van der Waals surface area (Å²) in [5.74, 6) is -0.799. The molecule has 1 amide bonds. The molecule has 7 rings (SSSR count). The Balaban J connectivity index is 1.20. The number of rotatable bonds is 3. The van der Waals surface area contributed by atoms with E-state index >= 15 is 8.78 Å².